The van der Waals surface area contributed by atoms with Crippen LogP contribution in [0, 0.1) is 5.92 Å². The Bertz CT molecular complexity index is 503. The van der Waals surface area contributed by atoms with E-state index >= 15 is 0 Å². The molecule has 0 radical (unpaired) electrons. The number of carbonyl (C=O) groups is 1. The smallest absolute Gasteiger partial charge is 0.255 e. The molecule has 22 heavy (non-hydrogen) atoms. The standard InChI is InChI=1S/C16H25N3O3/c1-18(2)9-13-7-16(22-10-13)11-19(5-6-21-12-16)15(20)14-3-4-17-8-14/h3-4,8,13,17H,5-7,9-12H2,1-2H3. The molecule has 3 heterocycles. The number of hydrogen-bond donors (Lipinski definition) is 1. The predicted molar refractivity (Wildman–Crippen MR) is 82.9 cm³/mol. The zero-order chi connectivity index (χ0) is 15.6. The van der Waals surface area contributed by atoms with Crippen molar-refractivity contribution in [2.45, 2.75) is 12.0 Å². The fraction of sp³-hybridized carbons (Fsp3) is 0.688. The van der Waals surface area contributed by atoms with Gasteiger partial charge in [0.2, 0.25) is 0 Å². The van der Waals surface area contributed by atoms with Crippen molar-refractivity contribution in [2.75, 3.05) is 53.6 Å². The fourth-order valence-corrected chi connectivity index (χ4v) is 3.50. The SMILES string of the molecule is CN(C)CC1COC2(COCCN(C(=O)c3cc[nH]c3)C2)C1. The fourth-order valence-electron chi connectivity index (χ4n) is 3.50. The van der Waals surface area contributed by atoms with Gasteiger partial charge in [0.15, 0.2) is 0 Å². The van der Waals surface area contributed by atoms with Crippen LogP contribution in [0.5, 0.6) is 0 Å². The van der Waals surface area contributed by atoms with Crippen molar-refractivity contribution in [3.8, 4) is 0 Å². The molecule has 1 spiro atoms. The second kappa shape index (κ2) is 6.40. The van der Waals surface area contributed by atoms with Gasteiger partial charge in [-0.3, -0.25) is 4.79 Å². The first-order valence-corrected chi connectivity index (χ1v) is 7.86. The molecule has 1 amide bonds. The van der Waals surface area contributed by atoms with Crippen molar-refractivity contribution in [2.24, 2.45) is 5.92 Å². The molecule has 0 saturated carbocycles. The largest absolute Gasteiger partial charge is 0.377 e. The first-order valence-electron chi connectivity index (χ1n) is 7.86. The summed E-state index contributed by atoms with van der Waals surface area (Å²) in [6.07, 6.45) is 4.46. The summed E-state index contributed by atoms with van der Waals surface area (Å²) in [6, 6.07) is 1.81. The number of hydrogen-bond acceptors (Lipinski definition) is 4. The van der Waals surface area contributed by atoms with Crippen molar-refractivity contribution in [3.05, 3.63) is 24.0 Å². The maximum Gasteiger partial charge on any atom is 0.255 e. The Hall–Kier alpha value is -1.37. The second-order valence-corrected chi connectivity index (χ2v) is 6.71. The number of carbonyl (C=O) groups excluding carboxylic acids is 1. The number of rotatable bonds is 3. The van der Waals surface area contributed by atoms with Gasteiger partial charge in [0.05, 0.1) is 31.9 Å². The molecule has 2 fully saturated rings. The van der Waals surface area contributed by atoms with Crippen molar-refractivity contribution in [1.82, 2.24) is 14.8 Å². The lowest BCUT2D eigenvalue weighted by Gasteiger charge is -2.31. The lowest BCUT2D eigenvalue weighted by Crippen LogP contribution is -2.46. The Morgan fingerprint density at radius 1 is 1.55 bits per heavy atom. The van der Waals surface area contributed by atoms with Crippen LogP contribution in [0.3, 0.4) is 0 Å². The highest BCUT2D eigenvalue weighted by Crippen LogP contribution is 2.33. The molecule has 122 valence electrons. The van der Waals surface area contributed by atoms with Crippen LogP contribution in [0.2, 0.25) is 0 Å². The highest BCUT2D eigenvalue weighted by atomic mass is 16.5. The Kier molecular flexibility index (Phi) is 4.52. The third kappa shape index (κ3) is 3.34. The average molecular weight is 307 g/mol. The maximum atomic E-state index is 12.6. The molecule has 1 N–H and O–H groups in total. The molecule has 2 aliphatic rings. The van der Waals surface area contributed by atoms with Gasteiger partial charge in [-0.25, -0.2) is 0 Å². The summed E-state index contributed by atoms with van der Waals surface area (Å²) in [5.41, 5.74) is 0.350. The van der Waals surface area contributed by atoms with Crippen LogP contribution in [-0.2, 0) is 9.47 Å². The molecular formula is C16H25N3O3. The van der Waals surface area contributed by atoms with E-state index in [2.05, 4.69) is 24.0 Å². The third-order valence-electron chi connectivity index (χ3n) is 4.39. The summed E-state index contributed by atoms with van der Waals surface area (Å²) < 4.78 is 11.9. The molecule has 2 unspecified atom stereocenters. The van der Waals surface area contributed by atoms with Gasteiger partial charge in [0, 0.05) is 25.5 Å². The first-order chi connectivity index (χ1) is 10.6. The Labute approximate surface area is 131 Å². The summed E-state index contributed by atoms with van der Waals surface area (Å²) in [4.78, 5) is 19.6. The normalized spacial score (nSPS) is 29.2. The van der Waals surface area contributed by atoms with E-state index in [0.717, 1.165) is 19.6 Å². The number of aromatic amines is 1. The first kappa shape index (κ1) is 15.5. The van der Waals surface area contributed by atoms with Gasteiger partial charge in [0.25, 0.3) is 5.91 Å². The van der Waals surface area contributed by atoms with Crippen LogP contribution in [0.4, 0.5) is 0 Å². The Morgan fingerprint density at radius 3 is 3.14 bits per heavy atom. The van der Waals surface area contributed by atoms with E-state index in [1.54, 1.807) is 12.4 Å². The topological polar surface area (TPSA) is 57.8 Å². The number of amides is 1. The van der Waals surface area contributed by atoms with Crippen LogP contribution in [0.15, 0.2) is 18.5 Å². The quantitative estimate of drug-likeness (QED) is 0.898. The number of nitrogens with one attached hydrogen (secondary N) is 1. The minimum Gasteiger partial charge on any atom is -0.377 e. The van der Waals surface area contributed by atoms with Gasteiger partial charge in [-0.2, -0.15) is 0 Å². The predicted octanol–water partition coefficient (Wildman–Crippen LogP) is 0.824. The van der Waals surface area contributed by atoms with E-state index in [0.29, 0.717) is 37.8 Å². The van der Waals surface area contributed by atoms with Crippen LogP contribution >= 0.6 is 0 Å². The summed E-state index contributed by atoms with van der Waals surface area (Å²) in [7, 11) is 4.16. The van der Waals surface area contributed by atoms with Gasteiger partial charge >= 0.3 is 0 Å². The van der Waals surface area contributed by atoms with Crippen molar-refractivity contribution < 1.29 is 14.3 Å². The molecule has 2 atom stereocenters. The number of nitrogens with zero attached hydrogens (tertiary/aromatic N) is 2. The van der Waals surface area contributed by atoms with Crippen molar-refractivity contribution >= 4 is 5.91 Å². The molecular weight excluding hydrogens is 282 g/mol. The lowest BCUT2D eigenvalue weighted by molar-refractivity contribution is -0.0539. The Balaban J connectivity index is 1.69. The van der Waals surface area contributed by atoms with Crippen molar-refractivity contribution in [1.29, 1.82) is 0 Å². The third-order valence-corrected chi connectivity index (χ3v) is 4.39. The molecule has 6 nitrogen and oxygen atoms in total. The van der Waals surface area contributed by atoms with Crippen LogP contribution in [-0.4, -0.2) is 79.8 Å². The second-order valence-electron chi connectivity index (χ2n) is 6.71. The summed E-state index contributed by atoms with van der Waals surface area (Å²) in [6.45, 7) is 4.13. The van der Waals surface area contributed by atoms with E-state index in [1.165, 1.54) is 0 Å². The van der Waals surface area contributed by atoms with Gasteiger partial charge < -0.3 is 24.3 Å². The van der Waals surface area contributed by atoms with Crippen molar-refractivity contribution in [3.63, 3.8) is 0 Å². The lowest BCUT2D eigenvalue weighted by atomic mass is 9.94. The average Bonchev–Trinajstić information content (AvgIpc) is 3.07. The van der Waals surface area contributed by atoms with Gasteiger partial charge in [-0.1, -0.05) is 0 Å². The maximum absolute atomic E-state index is 12.6. The zero-order valence-electron chi connectivity index (χ0n) is 13.4. The van der Waals surface area contributed by atoms with E-state index in [4.69, 9.17) is 9.47 Å². The molecule has 2 saturated heterocycles. The van der Waals surface area contributed by atoms with Crippen LogP contribution < -0.4 is 0 Å². The number of ether oxygens (including phenoxy) is 2. The van der Waals surface area contributed by atoms with Gasteiger partial charge in [-0.15, -0.1) is 0 Å². The molecule has 0 aliphatic carbocycles. The van der Waals surface area contributed by atoms with E-state index < -0.39 is 0 Å². The van der Waals surface area contributed by atoms with Crippen LogP contribution in [0.25, 0.3) is 0 Å². The monoisotopic (exact) mass is 307 g/mol. The van der Waals surface area contributed by atoms with Gasteiger partial charge in [-0.05, 0) is 32.5 Å². The van der Waals surface area contributed by atoms with Crippen LogP contribution in [0.1, 0.15) is 16.8 Å². The molecule has 1 aromatic rings. The molecule has 6 heteroatoms. The number of aromatic nitrogens is 1. The van der Waals surface area contributed by atoms with E-state index in [-0.39, 0.29) is 11.5 Å². The van der Waals surface area contributed by atoms with E-state index in [1.807, 2.05) is 11.0 Å². The minimum absolute atomic E-state index is 0.0470. The summed E-state index contributed by atoms with van der Waals surface area (Å²) in [5, 5.41) is 0. The Morgan fingerprint density at radius 2 is 2.41 bits per heavy atom. The highest BCUT2D eigenvalue weighted by Gasteiger charge is 2.44. The molecule has 3 rings (SSSR count). The molecule has 1 aromatic heterocycles. The minimum atomic E-state index is -0.344. The summed E-state index contributed by atoms with van der Waals surface area (Å²) in [5.74, 6) is 0.548. The van der Waals surface area contributed by atoms with E-state index in [9.17, 15) is 4.79 Å². The highest BCUT2D eigenvalue weighted by molar-refractivity contribution is 5.94. The molecule has 2 aliphatic heterocycles. The van der Waals surface area contributed by atoms with Gasteiger partial charge in [0.1, 0.15) is 5.60 Å². The molecule has 0 aromatic carbocycles. The number of H-pyrrole nitrogens is 1. The molecule has 0 bridgehead atoms. The zero-order valence-corrected chi connectivity index (χ0v) is 13.4. The summed E-state index contributed by atoms with van der Waals surface area (Å²) >= 11 is 0.